The third-order valence-corrected chi connectivity index (χ3v) is 6.31. The first-order chi connectivity index (χ1) is 13.7. The van der Waals surface area contributed by atoms with Gasteiger partial charge in [-0.2, -0.15) is 0 Å². The van der Waals surface area contributed by atoms with E-state index in [4.69, 9.17) is 4.98 Å². The Morgan fingerprint density at radius 3 is 2.61 bits per heavy atom. The van der Waals surface area contributed by atoms with Crippen molar-refractivity contribution in [3.05, 3.63) is 54.1 Å². The average molecular weight is 374 g/mol. The first-order valence-electron chi connectivity index (χ1n) is 10.3. The predicted molar refractivity (Wildman–Crippen MR) is 113 cm³/mol. The van der Waals surface area contributed by atoms with Crippen molar-refractivity contribution < 1.29 is 4.79 Å². The van der Waals surface area contributed by atoms with Crippen molar-refractivity contribution in [2.45, 2.75) is 25.7 Å². The molecule has 1 amide bonds. The summed E-state index contributed by atoms with van der Waals surface area (Å²) in [4.78, 5) is 22.1. The number of hydrogen-bond acceptors (Lipinski definition) is 3. The van der Waals surface area contributed by atoms with E-state index in [-0.39, 0.29) is 5.91 Å². The maximum Gasteiger partial charge on any atom is 0.227 e. The number of aryl methyl sites for hydroxylation is 1. The molecule has 5 rings (SSSR count). The highest BCUT2D eigenvalue weighted by molar-refractivity contribution is 5.95. The zero-order chi connectivity index (χ0) is 19.1. The Balaban J connectivity index is 1.23. The minimum Gasteiger partial charge on any atom is -0.342 e. The second-order valence-electron chi connectivity index (χ2n) is 8.02. The van der Waals surface area contributed by atoms with Gasteiger partial charge in [0.1, 0.15) is 0 Å². The van der Waals surface area contributed by atoms with Crippen LogP contribution in [0.3, 0.4) is 0 Å². The third-order valence-electron chi connectivity index (χ3n) is 6.31. The van der Waals surface area contributed by atoms with Crippen LogP contribution in [-0.2, 0) is 18.3 Å². The van der Waals surface area contributed by atoms with Crippen molar-refractivity contribution in [3.8, 4) is 0 Å². The highest BCUT2D eigenvalue weighted by Gasteiger charge is 2.29. The fraction of sp³-hybridized carbons (Fsp3) is 0.391. The topological polar surface area (TPSA) is 41.4 Å². The van der Waals surface area contributed by atoms with E-state index in [1.807, 2.05) is 17.0 Å². The molecule has 0 unspecified atom stereocenters. The van der Waals surface area contributed by atoms with Gasteiger partial charge in [0.2, 0.25) is 11.9 Å². The molecule has 3 heterocycles. The number of amides is 1. The molecule has 0 N–H and O–H groups in total. The molecule has 0 bridgehead atoms. The summed E-state index contributed by atoms with van der Waals surface area (Å²) >= 11 is 0. The van der Waals surface area contributed by atoms with Gasteiger partial charge in [0.05, 0.1) is 11.0 Å². The molecule has 2 aliphatic heterocycles. The summed E-state index contributed by atoms with van der Waals surface area (Å²) in [6.45, 7) is 2.76. The van der Waals surface area contributed by atoms with Crippen LogP contribution in [0.2, 0.25) is 0 Å². The average Bonchev–Trinajstić information content (AvgIpc) is 3.30. The molecule has 0 aliphatic carbocycles. The van der Waals surface area contributed by atoms with Crippen molar-refractivity contribution in [3.63, 3.8) is 0 Å². The lowest BCUT2D eigenvalue weighted by molar-refractivity contribution is -0.119. The molecule has 0 radical (unpaired) electrons. The van der Waals surface area contributed by atoms with Crippen LogP contribution in [0.25, 0.3) is 11.0 Å². The Hall–Kier alpha value is -2.82. The molecule has 144 valence electrons. The van der Waals surface area contributed by atoms with Gasteiger partial charge in [0.25, 0.3) is 0 Å². The van der Waals surface area contributed by atoms with Crippen molar-refractivity contribution in [1.29, 1.82) is 0 Å². The number of rotatable bonds is 3. The van der Waals surface area contributed by atoms with Gasteiger partial charge in [0.15, 0.2) is 0 Å². The van der Waals surface area contributed by atoms with Crippen LogP contribution < -0.4 is 9.80 Å². The Bertz CT molecular complexity index is 1020. The number of para-hydroxylation sites is 3. The number of aromatic nitrogens is 2. The number of imidazole rings is 1. The zero-order valence-electron chi connectivity index (χ0n) is 16.3. The molecule has 2 aromatic carbocycles. The second-order valence-corrected chi connectivity index (χ2v) is 8.02. The zero-order valence-corrected chi connectivity index (χ0v) is 16.3. The monoisotopic (exact) mass is 374 g/mol. The summed E-state index contributed by atoms with van der Waals surface area (Å²) in [6.07, 6.45) is 3.73. The van der Waals surface area contributed by atoms with Crippen molar-refractivity contribution in [2.24, 2.45) is 13.0 Å². The maximum absolute atomic E-state index is 12.9. The maximum atomic E-state index is 12.9. The van der Waals surface area contributed by atoms with Crippen molar-refractivity contribution in [1.82, 2.24) is 9.55 Å². The molecule has 28 heavy (non-hydrogen) atoms. The minimum absolute atomic E-state index is 0.283. The molecule has 5 heteroatoms. The number of hydrogen-bond donors (Lipinski definition) is 0. The number of fused-ring (bicyclic) bond motifs is 2. The molecular weight excluding hydrogens is 348 g/mol. The van der Waals surface area contributed by atoms with E-state index in [2.05, 4.69) is 52.9 Å². The van der Waals surface area contributed by atoms with Crippen LogP contribution in [0.15, 0.2) is 48.5 Å². The van der Waals surface area contributed by atoms with E-state index in [0.29, 0.717) is 12.3 Å². The minimum atomic E-state index is 0.283. The quantitative estimate of drug-likeness (QED) is 0.701. The Kier molecular flexibility index (Phi) is 4.30. The number of benzene rings is 2. The molecular formula is C23H26N4O. The highest BCUT2D eigenvalue weighted by atomic mass is 16.2. The summed E-state index contributed by atoms with van der Waals surface area (Å²) in [5.74, 6) is 1.79. The smallest absolute Gasteiger partial charge is 0.227 e. The van der Waals surface area contributed by atoms with Crippen LogP contribution in [0.4, 0.5) is 11.6 Å². The van der Waals surface area contributed by atoms with Crippen LogP contribution in [0, 0.1) is 5.92 Å². The molecule has 2 aliphatic rings. The number of carbonyl (C=O) groups is 1. The Morgan fingerprint density at radius 2 is 1.79 bits per heavy atom. The molecule has 0 saturated carbocycles. The van der Waals surface area contributed by atoms with E-state index < -0.39 is 0 Å². The Labute approximate surface area is 165 Å². The van der Waals surface area contributed by atoms with Crippen LogP contribution in [0.1, 0.15) is 24.8 Å². The van der Waals surface area contributed by atoms with E-state index >= 15 is 0 Å². The molecule has 5 nitrogen and oxygen atoms in total. The SMILES string of the molecule is Cn1c(N2CCC(CC(=O)N3CCc4ccccc43)CC2)nc2ccccc21. The molecule has 0 atom stereocenters. The largest absolute Gasteiger partial charge is 0.342 e. The Morgan fingerprint density at radius 1 is 1.04 bits per heavy atom. The van der Waals surface area contributed by atoms with Gasteiger partial charge < -0.3 is 14.4 Å². The van der Waals surface area contributed by atoms with Gasteiger partial charge >= 0.3 is 0 Å². The summed E-state index contributed by atoms with van der Waals surface area (Å²) in [5, 5.41) is 0. The van der Waals surface area contributed by atoms with Crippen LogP contribution >= 0.6 is 0 Å². The molecule has 1 aromatic heterocycles. The summed E-state index contributed by atoms with van der Waals surface area (Å²) < 4.78 is 2.18. The lowest BCUT2D eigenvalue weighted by Crippen LogP contribution is -2.38. The van der Waals surface area contributed by atoms with Gasteiger partial charge in [-0.15, -0.1) is 0 Å². The summed E-state index contributed by atoms with van der Waals surface area (Å²) in [5.41, 5.74) is 4.63. The first-order valence-corrected chi connectivity index (χ1v) is 10.3. The third kappa shape index (κ3) is 2.95. The number of anilines is 2. The lowest BCUT2D eigenvalue weighted by Gasteiger charge is -2.33. The van der Waals surface area contributed by atoms with Gasteiger partial charge in [0, 0.05) is 38.8 Å². The fourth-order valence-corrected chi connectivity index (χ4v) is 4.71. The molecule has 0 spiro atoms. The van der Waals surface area contributed by atoms with Crippen LogP contribution in [0.5, 0.6) is 0 Å². The molecule has 3 aromatic rings. The van der Waals surface area contributed by atoms with Crippen molar-refractivity contribution >= 4 is 28.6 Å². The number of carbonyl (C=O) groups excluding carboxylic acids is 1. The van der Waals surface area contributed by atoms with Gasteiger partial charge in [-0.1, -0.05) is 30.3 Å². The van der Waals surface area contributed by atoms with E-state index in [0.717, 1.165) is 56.0 Å². The van der Waals surface area contributed by atoms with E-state index in [9.17, 15) is 4.79 Å². The normalized spacial score (nSPS) is 17.3. The van der Waals surface area contributed by atoms with Gasteiger partial charge in [-0.3, -0.25) is 4.79 Å². The van der Waals surface area contributed by atoms with Crippen molar-refractivity contribution in [2.75, 3.05) is 29.4 Å². The second kappa shape index (κ2) is 6.97. The predicted octanol–water partition coefficient (Wildman–Crippen LogP) is 3.77. The lowest BCUT2D eigenvalue weighted by atomic mass is 9.93. The molecule has 1 fully saturated rings. The number of nitrogens with zero attached hydrogens (tertiary/aromatic N) is 4. The standard InChI is InChI=1S/C23H26N4O/c1-25-21-9-5-3-7-19(21)24-23(25)26-13-10-17(11-14-26)16-22(28)27-15-12-18-6-2-4-8-20(18)27/h2-9,17H,10-16H2,1H3. The fourth-order valence-electron chi connectivity index (χ4n) is 4.71. The van der Waals surface area contributed by atoms with E-state index in [1.54, 1.807) is 0 Å². The van der Waals surface area contributed by atoms with Gasteiger partial charge in [-0.05, 0) is 48.9 Å². The highest BCUT2D eigenvalue weighted by Crippen LogP contribution is 2.31. The number of piperidine rings is 1. The van der Waals surface area contributed by atoms with E-state index in [1.165, 1.54) is 11.1 Å². The van der Waals surface area contributed by atoms with Gasteiger partial charge in [-0.25, -0.2) is 4.98 Å². The summed E-state index contributed by atoms with van der Waals surface area (Å²) in [6, 6.07) is 16.6. The van der Waals surface area contributed by atoms with Crippen LogP contribution in [-0.4, -0.2) is 35.1 Å². The summed E-state index contributed by atoms with van der Waals surface area (Å²) in [7, 11) is 2.09. The molecule has 1 saturated heterocycles. The first kappa shape index (κ1) is 17.3.